The van der Waals surface area contributed by atoms with E-state index in [1.807, 2.05) is 0 Å². The lowest BCUT2D eigenvalue weighted by molar-refractivity contribution is 0.155. The van der Waals surface area contributed by atoms with Crippen LogP contribution in [0.3, 0.4) is 0 Å². The van der Waals surface area contributed by atoms with Crippen LogP contribution in [0.5, 0.6) is 0 Å². The van der Waals surface area contributed by atoms with Gasteiger partial charge in [-0.2, -0.15) is 0 Å². The van der Waals surface area contributed by atoms with Crippen molar-refractivity contribution in [3.63, 3.8) is 0 Å². The van der Waals surface area contributed by atoms with Gasteiger partial charge in [0, 0.05) is 26.3 Å². The van der Waals surface area contributed by atoms with Crippen molar-refractivity contribution in [3.05, 3.63) is 0 Å². The Labute approximate surface area is 101 Å². The lowest BCUT2D eigenvalue weighted by Gasteiger charge is -2.17. The fourth-order valence-electron chi connectivity index (χ4n) is 1.60. The minimum absolute atomic E-state index is 0.550. The van der Waals surface area contributed by atoms with Crippen molar-refractivity contribution in [2.75, 3.05) is 33.4 Å². The Morgan fingerprint density at radius 1 is 1.06 bits per heavy atom. The van der Waals surface area contributed by atoms with Crippen molar-refractivity contribution in [3.8, 4) is 0 Å². The molecule has 0 saturated heterocycles. The first-order chi connectivity index (χ1) is 7.56. The molecule has 0 aliphatic heterocycles. The molecule has 0 bridgehead atoms. The van der Waals surface area contributed by atoms with Crippen LogP contribution in [-0.2, 0) is 4.74 Å². The van der Waals surface area contributed by atoms with Gasteiger partial charge in [0.1, 0.15) is 0 Å². The quantitative estimate of drug-likeness (QED) is 0.601. The van der Waals surface area contributed by atoms with Crippen molar-refractivity contribution < 1.29 is 4.74 Å². The average molecular weight is 230 g/mol. The summed E-state index contributed by atoms with van der Waals surface area (Å²) in [4.78, 5) is 0. The number of ether oxygens (including phenoxy) is 1. The molecule has 0 heterocycles. The van der Waals surface area contributed by atoms with Gasteiger partial charge in [0.15, 0.2) is 0 Å². The van der Waals surface area contributed by atoms with Crippen molar-refractivity contribution in [2.24, 2.45) is 11.8 Å². The second-order valence-electron chi connectivity index (χ2n) is 5.26. The van der Waals surface area contributed by atoms with Gasteiger partial charge < -0.3 is 15.4 Å². The number of methoxy groups -OCH3 is 1. The summed E-state index contributed by atoms with van der Waals surface area (Å²) < 4.78 is 5.11. The monoisotopic (exact) mass is 230 g/mol. The Morgan fingerprint density at radius 3 is 2.31 bits per heavy atom. The highest BCUT2D eigenvalue weighted by molar-refractivity contribution is 4.65. The molecule has 0 radical (unpaired) electrons. The topological polar surface area (TPSA) is 33.3 Å². The van der Waals surface area contributed by atoms with Crippen LogP contribution in [0, 0.1) is 11.8 Å². The Kier molecular flexibility index (Phi) is 9.99. The first-order valence-electron chi connectivity index (χ1n) is 6.49. The lowest BCUT2D eigenvalue weighted by atomic mass is 10.1. The summed E-state index contributed by atoms with van der Waals surface area (Å²) in [7, 11) is 1.77. The van der Waals surface area contributed by atoms with Gasteiger partial charge in [0.25, 0.3) is 0 Å². The van der Waals surface area contributed by atoms with Gasteiger partial charge in [0.05, 0.1) is 0 Å². The van der Waals surface area contributed by atoms with Crippen molar-refractivity contribution in [1.29, 1.82) is 0 Å². The molecular formula is C13H30N2O. The minimum Gasteiger partial charge on any atom is -0.384 e. The summed E-state index contributed by atoms with van der Waals surface area (Å²) in [6, 6.07) is 0.550. The van der Waals surface area contributed by atoms with E-state index in [2.05, 4.69) is 38.3 Å². The van der Waals surface area contributed by atoms with Crippen LogP contribution in [0.25, 0.3) is 0 Å². The van der Waals surface area contributed by atoms with Crippen molar-refractivity contribution in [2.45, 2.75) is 40.2 Å². The van der Waals surface area contributed by atoms with E-state index in [9.17, 15) is 0 Å². The van der Waals surface area contributed by atoms with Gasteiger partial charge in [0.2, 0.25) is 0 Å². The van der Waals surface area contributed by atoms with Gasteiger partial charge in [-0.15, -0.1) is 0 Å². The zero-order chi connectivity index (χ0) is 12.4. The third-order valence-corrected chi connectivity index (χ3v) is 2.58. The van der Waals surface area contributed by atoms with Gasteiger partial charge in [-0.25, -0.2) is 0 Å². The molecule has 16 heavy (non-hydrogen) atoms. The second-order valence-corrected chi connectivity index (χ2v) is 5.26. The molecule has 2 atom stereocenters. The summed E-state index contributed by atoms with van der Waals surface area (Å²) >= 11 is 0. The van der Waals surface area contributed by atoms with E-state index in [-0.39, 0.29) is 0 Å². The lowest BCUT2D eigenvalue weighted by Crippen LogP contribution is -2.38. The summed E-state index contributed by atoms with van der Waals surface area (Å²) in [5, 5.41) is 6.99. The molecule has 0 spiro atoms. The molecule has 0 rings (SSSR count). The molecule has 3 nitrogen and oxygen atoms in total. The van der Waals surface area contributed by atoms with Crippen LogP contribution in [-0.4, -0.2) is 39.4 Å². The SMILES string of the molecule is COCC(C)CCNC(C)CNCC(C)C. The first kappa shape index (κ1) is 15.9. The summed E-state index contributed by atoms with van der Waals surface area (Å²) in [5.41, 5.74) is 0. The van der Waals surface area contributed by atoms with Gasteiger partial charge >= 0.3 is 0 Å². The summed E-state index contributed by atoms with van der Waals surface area (Å²) in [5.74, 6) is 1.38. The third kappa shape index (κ3) is 10.4. The Bertz CT molecular complexity index is 151. The van der Waals surface area contributed by atoms with Crippen LogP contribution in [0.15, 0.2) is 0 Å². The van der Waals surface area contributed by atoms with E-state index in [0.717, 1.165) is 32.2 Å². The van der Waals surface area contributed by atoms with Gasteiger partial charge in [-0.05, 0) is 38.3 Å². The summed E-state index contributed by atoms with van der Waals surface area (Å²) in [6.07, 6.45) is 1.18. The highest BCUT2D eigenvalue weighted by atomic mass is 16.5. The van der Waals surface area contributed by atoms with E-state index in [0.29, 0.717) is 12.0 Å². The summed E-state index contributed by atoms with van der Waals surface area (Å²) in [6.45, 7) is 13.0. The molecular weight excluding hydrogens is 200 g/mol. The van der Waals surface area contributed by atoms with E-state index < -0.39 is 0 Å². The molecule has 0 aliphatic rings. The number of rotatable bonds is 10. The Hall–Kier alpha value is -0.120. The van der Waals surface area contributed by atoms with E-state index in [1.165, 1.54) is 6.42 Å². The molecule has 2 unspecified atom stereocenters. The number of nitrogens with one attached hydrogen (secondary N) is 2. The number of hydrogen-bond donors (Lipinski definition) is 2. The van der Waals surface area contributed by atoms with Crippen molar-refractivity contribution >= 4 is 0 Å². The standard InChI is InChI=1S/C13H30N2O/c1-11(2)8-14-9-13(4)15-7-6-12(3)10-16-5/h11-15H,6-10H2,1-5H3. The molecule has 98 valence electrons. The maximum absolute atomic E-state index is 5.11. The van der Waals surface area contributed by atoms with E-state index in [1.54, 1.807) is 7.11 Å². The second kappa shape index (κ2) is 10.1. The van der Waals surface area contributed by atoms with Crippen LogP contribution in [0.1, 0.15) is 34.1 Å². The van der Waals surface area contributed by atoms with E-state index in [4.69, 9.17) is 4.74 Å². The van der Waals surface area contributed by atoms with Gasteiger partial charge in [-0.3, -0.25) is 0 Å². The molecule has 0 saturated carbocycles. The fourth-order valence-corrected chi connectivity index (χ4v) is 1.60. The van der Waals surface area contributed by atoms with Crippen LogP contribution in [0.2, 0.25) is 0 Å². The zero-order valence-electron chi connectivity index (χ0n) is 11.7. The van der Waals surface area contributed by atoms with Gasteiger partial charge in [-0.1, -0.05) is 20.8 Å². The molecule has 0 aromatic rings. The molecule has 0 fully saturated rings. The van der Waals surface area contributed by atoms with Crippen LogP contribution < -0.4 is 10.6 Å². The van der Waals surface area contributed by atoms with Crippen molar-refractivity contribution in [1.82, 2.24) is 10.6 Å². The predicted octanol–water partition coefficient (Wildman–Crippen LogP) is 1.88. The highest BCUT2D eigenvalue weighted by Gasteiger charge is 2.04. The zero-order valence-corrected chi connectivity index (χ0v) is 11.7. The normalized spacial score (nSPS) is 15.4. The predicted molar refractivity (Wildman–Crippen MR) is 70.8 cm³/mol. The smallest absolute Gasteiger partial charge is 0.0488 e. The van der Waals surface area contributed by atoms with E-state index >= 15 is 0 Å². The Morgan fingerprint density at radius 2 is 1.75 bits per heavy atom. The van der Waals surface area contributed by atoms with Crippen LogP contribution >= 0.6 is 0 Å². The minimum atomic E-state index is 0.550. The maximum atomic E-state index is 5.11. The third-order valence-electron chi connectivity index (χ3n) is 2.58. The highest BCUT2D eigenvalue weighted by Crippen LogP contribution is 2.00. The molecule has 3 heteroatoms. The fraction of sp³-hybridized carbons (Fsp3) is 1.00. The molecule has 0 aromatic carbocycles. The molecule has 0 aliphatic carbocycles. The molecule has 2 N–H and O–H groups in total. The first-order valence-corrected chi connectivity index (χ1v) is 6.49. The average Bonchev–Trinajstić information content (AvgIpc) is 2.17. The maximum Gasteiger partial charge on any atom is 0.0488 e. The molecule has 0 amide bonds. The molecule has 0 aromatic heterocycles. The Balaban J connectivity index is 3.32. The van der Waals surface area contributed by atoms with Crippen LogP contribution in [0.4, 0.5) is 0 Å². The largest absolute Gasteiger partial charge is 0.384 e. The number of hydrogen-bond acceptors (Lipinski definition) is 3.